The van der Waals surface area contributed by atoms with E-state index < -0.39 is 22.0 Å². The molecule has 0 fully saturated rings. The molecule has 7 nitrogen and oxygen atoms in total. The minimum absolute atomic E-state index is 0.00707. The average molecular weight is 413 g/mol. The highest BCUT2D eigenvalue weighted by molar-refractivity contribution is 7.89. The van der Waals surface area contributed by atoms with Crippen LogP contribution in [0.2, 0.25) is 5.02 Å². The van der Waals surface area contributed by atoms with E-state index >= 15 is 0 Å². The van der Waals surface area contributed by atoms with Gasteiger partial charge in [-0.3, -0.25) is 4.79 Å². The van der Waals surface area contributed by atoms with Crippen LogP contribution in [0.25, 0.3) is 0 Å². The Kier molecular flexibility index (Phi) is 7.61. The van der Waals surface area contributed by atoms with Gasteiger partial charge in [-0.1, -0.05) is 41.9 Å². The fraction of sp³-hybridized carbons (Fsp3) is 0.278. The van der Waals surface area contributed by atoms with E-state index in [1.165, 1.54) is 18.2 Å². The molecule has 0 unspecified atom stereocenters. The molecular weight excluding hydrogens is 392 g/mol. The van der Waals surface area contributed by atoms with Crippen LogP contribution in [0, 0.1) is 0 Å². The molecule has 0 saturated carbocycles. The highest BCUT2D eigenvalue weighted by Crippen LogP contribution is 2.28. The Bertz CT molecular complexity index is 875. The van der Waals surface area contributed by atoms with E-state index in [1.807, 2.05) is 30.3 Å². The SMILES string of the molecule is C[C@H](NS(=O)(=O)c1ccc(OCC(=O)NCCO)c(Cl)c1)c1ccccc1. The number of rotatable bonds is 9. The number of nitrogens with one attached hydrogen (secondary N) is 2. The van der Waals surface area contributed by atoms with Crippen molar-refractivity contribution in [1.82, 2.24) is 10.0 Å². The van der Waals surface area contributed by atoms with Gasteiger partial charge in [-0.05, 0) is 30.7 Å². The number of ether oxygens (including phenoxy) is 1. The Morgan fingerprint density at radius 2 is 1.93 bits per heavy atom. The second kappa shape index (κ2) is 9.70. The van der Waals surface area contributed by atoms with Gasteiger partial charge in [0.15, 0.2) is 6.61 Å². The molecule has 0 aliphatic heterocycles. The number of hydrogen-bond acceptors (Lipinski definition) is 5. The summed E-state index contributed by atoms with van der Waals surface area (Å²) in [7, 11) is -3.79. The molecule has 1 amide bonds. The maximum Gasteiger partial charge on any atom is 0.258 e. The number of aliphatic hydroxyl groups excluding tert-OH is 1. The Hall–Kier alpha value is -2.13. The molecule has 0 saturated heterocycles. The van der Waals surface area contributed by atoms with E-state index in [1.54, 1.807) is 6.92 Å². The van der Waals surface area contributed by atoms with Gasteiger partial charge in [0, 0.05) is 12.6 Å². The number of carbonyl (C=O) groups is 1. The van der Waals surface area contributed by atoms with Crippen molar-refractivity contribution >= 4 is 27.5 Å². The van der Waals surface area contributed by atoms with Crippen molar-refractivity contribution in [2.24, 2.45) is 0 Å². The lowest BCUT2D eigenvalue weighted by Gasteiger charge is -2.15. The van der Waals surface area contributed by atoms with Crippen LogP contribution in [0.4, 0.5) is 0 Å². The van der Waals surface area contributed by atoms with Crippen LogP contribution in [0.3, 0.4) is 0 Å². The third-order valence-corrected chi connectivity index (χ3v) is 5.47. The summed E-state index contributed by atoms with van der Waals surface area (Å²) in [6.45, 7) is 1.40. The first-order chi connectivity index (χ1) is 12.8. The predicted molar refractivity (Wildman–Crippen MR) is 102 cm³/mol. The first-order valence-electron chi connectivity index (χ1n) is 8.20. The molecule has 0 aromatic heterocycles. The first-order valence-corrected chi connectivity index (χ1v) is 10.1. The summed E-state index contributed by atoms with van der Waals surface area (Å²) >= 11 is 6.09. The zero-order chi connectivity index (χ0) is 19.9. The Morgan fingerprint density at radius 3 is 2.56 bits per heavy atom. The van der Waals surface area contributed by atoms with Gasteiger partial charge in [0.1, 0.15) is 5.75 Å². The van der Waals surface area contributed by atoms with Crippen molar-refractivity contribution in [2.75, 3.05) is 19.8 Å². The molecule has 2 rings (SSSR count). The molecule has 3 N–H and O–H groups in total. The van der Waals surface area contributed by atoms with Gasteiger partial charge in [0.05, 0.1) is 16.5 Å². The minimum Gasteiger partial charge on any atom is -0.482 e. The van der Waals surface area contributed by atoms with Gasteiger partial charge >= 0.3 is 0 Å². The first kappa shape index (κ1) is 21.2. The predicted octanol–water partition coefficient (Wildman–Crippen LogP) is 1.87. The van der Waals surface area contributed by atoms with Crippen LogP contribution in [-0.2, 0) is 14.8 Å². The number of amides is 1. The molecule has 146 valence electrons. The molecule has 0 radical (unpaired) electrons. The van der Waals surface area contributed by atoms with Crippen LogP contribution >= 0.6 is 11.6 Å². The van der Waals surface area contributed by atoms with Crippen LogP contribution in [0.1, 0.15) is 18.5 Å². The monoisotopic (exact) mass is 412 g/mol. The van der Waals surface area contributed by atoms with Crippen molar-refractivity contribution in [2.45, 2.75) is 17.9 Å². The quantitative estimate of drug-likeness (QED) is 0.583. The minimum atomic E-state index is -3.79. The third-order valence-electron chi connectivity index (χ3n) is 3.64. The number of hydrogen-bond donors (Lipinski definition) is 3. The van der Waals surface area contributed by atoms with Crippen LogP contribution in [0.5, 0.6) is 5.75 Å². The second-order valence-electron chi connectivity index (χ2n) is 5.71. The zero-order valence-corrected chi connectivity index (χ0v) is 16.3. The molecule has 0 aliphatic carbocycles. The molecule has 0 aliphatic rings. The lowest BCUT2D eigenvalue weighted by molar-refractivity contribution is -0.123. The zero-order valence-electron chi connectivity index (χ0n) is 14.7. The van der Waals surface area contributed by atoms with E-state index in [0.29, 0.717) is 0 Å². The third kappa shape index (κ3) is 6.21. The molecule has 0 heterocycles. The van der Waals surface area contributed by atoms with Crippen molar-refractivity contribution < 1.29 is 23.1 Å². The smallest absolute Gasteiger partial charge is 0.258 e. The van der Waals surface area contributed by atoms with E-state index in [0.717, 1.165) is 5.56 Å². The number of sulfonamides is 1. The lowest BCUT2D eigenvalue weighted by Crippen LogP contribution is -2.31. The van der Waals surface area contributed by atoms with E-state index in [-0.39, 0.29) is 35.4 Å². The summed E-state index contributed by atoms with van der Waals surface area (Å²) in [5.41, 5.74) is 0.834. The highest BCUT2D eigenvalue weighted by atomic mass is 35.5. The summed E-state index contributed by atoms with van der Waals surface area (Å²) in [6, 6.07) is 12.8. The fourth-order valence-electron chi connectivity index (χ4n) is 2.27. The van der Waals surface area contributed by atoms with Gasteiger partial charge in [-0.2, -0.15) is 0 Å². The molecular formula is C18H21ClN2O5S. The Morgan fingerprint density at radius 1 is 1.22 bits per heavy atom. The van der Waals surface area contributed by atoms with E-state index in [4.69, 9.17) is 21.4 Å². The number of halogens is 1. The van der Waals surface area contributed by atoms with Crippen molar-refractivity contribution in [3.8, 4) is 5.75 Å². The van der Waals surface area contributed by atoms with Crippen LogP contribution in [-0.4, -0.2) is 39.2 Å². The Balaban J connectivity index is 2.05. The highest BCUT2D eigenvalue weighted by Gasteiger charge is 2.20. The maximum absolute atomic E-state index is 12.6. The molecule has 0 spiro atoms. The lowest BCUT2D eigenvalue weighted by atomic mass is 10.1. The standard InChI is InChI=1S/C18H21ClN2O5S/c1-13(14-5-3-2-4-6-14)21-27(24,25)15-7-8-17(16(19)11-15)26-12-18(23)20-9-10-22/h2-8,11,13,21-22H,9-10,12H2,1H3,(H,20,23)/t13-/m0/s1. The molecule has 9 heteroatoms. The summed E-state index contributed by atoms with van der Waals surface area (Å²) in [6.07, 6.45) is 0. The largest absolute Gasteiger partial charge is 0.482 e. The van der Waals surface area contributed by atoms with Crippen molar-refractivity contribution in [3.05, 3.63) is 59.1 Å². The molecule has 2 aromatic rings. The van der Waals surface area contributed by atoms with Gasteiger partial charge in [0.2, 0.25) is 10.0 Å². The molecule has 1 atom stereocenters. The average Bonchev–Trinajstić information content (AvgIpc) is 2.65. The second-order valence-corrected chi connectivity index (χ2v) is 7.83. The summed E-state index contributed by atoms with van der Waals surface area (Å²) < 4.78 is 33.0. The van der Waals surface area contributed by atoms with Gasteiger partial charge in [0.25, 0.3) is 5.91 Å². The van der Waals surface area contributed by atoms with Crippen LogP contribution in [0.15, 0.2) is 53.4 Å². The summed E-state index contributed by atoms with van der Waals surface area (Å²) in [5, 5.41) is 11.1. The van der Waals surface area contributed by atoms with E-state index in [9.17, 15) is 13.2 Å². The molecule has 0 bridgehead atoms. The van der Waals surface area contributed by atoms with Gasteiger partial charge in [-0.15, -0.1) is 0 Å². The summed E-state index contributed by atoms with van der Waals surface area (Å²) in [5.74, 6) is -0.235. The maximum atomic E-state index is 12.6. The number of aliphatic hydroxyl groups is 1. The van der Waals surface area contributed by atoms with Gasteiger partial charge < -0.3 is 15.2 Å². The fourth-order valence-corrected chi connectivity index (χ4v) is 3.82. The van der Waals surface area contributed by atoms with Crippen LogP contribution < -0.4 is 14.8 Å². The van der Waals surface area contributed by atoms with Gasteiger partial charge in [-0.25, -0.2) is 13.1 Å². The normalized spacial score (nSPS) is 12.4. The number of carbonyl (C=O) groups excluding carboxylic acids is 1. The topological polar surface area (TPSA) is 105 Å². The molecule has 2 aromatic carbocycles. The number of benzene rings is 2. The molecule has 27 heavy (non-hydrogen) atoms. The van der Waals surface area contributed by atoms with E-state index in [2.05, 4.69) is 10.0 Å². The Labute approximate surface area is 163 Å². The van der Waals surface area contributed by atoms with Crippen molar-refractivity contribution in [1.29, 1.82) is 0 Å². The summed E-state index contributed by atoms with van der Waals surface area (Å²) in [4.78, 5) is 11.5. The van der Waals surface area contributed by atoms with Crippen molar-refractivity contribution in [3.63, 3.8) is 0 Å².